The predicted molar refractivity (Wildman–Crippen MR) is 57.6 cm³/mol. The quantitative estimate of drug-likeness (QED) is 0.614. The summed E-state index contributed by atoms with van der Waals surface area (Å²) in [6.45, 7) is 0. The van der Waals surface area contributed by atoms with E-state index in [-0.39, 0.29) is 5.97 Å². The van der Waals surface area contributed by atoms with Crippen LogP contribution in [-0.2, 0) is 20.5 Å². The van der Waals surface area contributed by atoms with Crippen molar-refractivity contribution < 1.29 is 19.0 Å². The SMILES string of the molecule is COC(=O)CCc1ccc([PH](=O)O)cc1. The van der Waals surface area contributed by atoms with Gasteiger partial charge in [-0.3, -0.25) is 9.36 Å². The van der Waals surface area contributed by atoms with Crippen molar-refractivity contribution in [2.75, 3.05) is 7.11 Å². The van der Waals surface area contributed by atoms with Crippen LogP contribution in [0.2, 0.25) is 0 Å². The van der Waals surface area contributed by atoms with E-state index in [1.165, 1.54) is 7.11 Å². The molecule has 1 N–H and O–H groups in total. The van der Waals surface area contributed by atoms with Gasteiger partial charge in [-0.05, 0) is 24.1 Å². The Balaban J connectivity index is 2.57. The van der Waals surface area contributed by atoms with Gasteiger partial charge in [0.05, 0.1) is 7.11 Å². The molecule has 1 rings (SSSR count). The minimum Gasteiger partial charge on any atom is -0.469 e. The van der Waals surface area contributed by atoms with E-state index in [9.17, 15) is 9.36 Å². The maximum atomic E-state index is 10.9. The molecule has 4 nitrogen and oxygen atoms in total. The molecular formula is C10H13O4P. The lowest BCUT2D eigenvalue weighted by Gasteiger charge is -2.01. The van der Waals surface area contributed by atoms with Crippen molar-refractivity contribution in [3.05, 3.63) is 29.8 Å². The van der Waals surface area contributed by atoms with E-state index in [0.717, 1.165) is 5.56 Å². The van der Waals surface area contributed by atoms with E-state index in [2.05, 4.69) is 4.74 Å². The summed E-state index contributed by atoms with van der Waals surface area (Å²) in [5.41, 5.74) is 0.951. The number of benzene rings is 1. The molecule has 15 heavy (non-hydrogen) atoms. The Kier molecular flexibility index (Phi) is 4.53. The van der Waals surface area contributed by atoms with Crippen molar-refractivity contribution in [1.29, 1.82) is 0 Å². The topological polar surface area (TPSA) is 63.6 Å². The van der Waals surface area contributed by atoms with E-state index >= 15 is 0 Å². The number of methoxy groups -OCH3 is 1. The minimum atomic E-state index is -2.61. The lowest BCUT2D eigenvalue weighted by Crippen LogP contribution is -2.03. The first-order valence-electron chi connectivity index (χ1n) is 4.52. The first-order valence-corrected chi connectivity index (χ1v) is 5.88. The molecule has 0 fully saturated rings. The van der Waals surface area contributed by atoms with Gasteiger partial charge in [0.2, 0.25) is 8.03 Å². The summed E-state index contributed by atoms with van der Waals surface area (Å²) in [4.78, 5) is 19.7. The number of carbonyl (C=O) groups excluding carboxylic acids is 1. The van der Waals surface area contributed by atoms with Crippen molar-refractivity contribution in [2.45, 2.75) is 12.8 Å². The van der Waals surface area contributed by atoms with Crippen LogP contribution in [0, 0.1) is 0 Å². The van der Waals surface area contributed by atoms with Gasteiger partial charge in [-0.2, -0.15) is 0 Å². The van der Waals surface area contributed by atoms with Crippen LogP contribution in [0.3, 0.4) is 0 Å². The maximum Gasteiger partial charge on any atom is 0.305 e. The van der Waals surface area contributed by atoms with Crippen LogP contribution in [0.4, 0.5) is 0 Å². The van der Waals surface area contributed by atoms with Crippen molar-refractivity contribution in [1.82, 2.24) is 0 Å². The predicted octanol–water partition coefficient (Wildman–Crippen LogP) is 0.884. The number of aryl methyl sites for hydroxylation is 1. The second kappa shape index (κ2) is 5.69. The molecule has 0 amide bonds. The zero-order valence-electron chi connectivity index (χ0n) is 8.40. The fraction of sp³-hybridized carbons (Fsp3) is 0.300. The standard InChI is InChI=1S/C10H13O4P/c1-14-10(11)7-4-8-2-5-9(6-3-8)15(12)13/h2-3,5-6,15H,4,7H2,1H3,(H,12,13). The molecule has 0 aromatic heterocycles. The second-order valence-electron chi connectivity index (χ2n) is 3.08. The molecule has 0 heterocycles. The average molecular weight is 228 g/mol. The Morgan fingerprint density at radius 1 is 1.40 bits per heavy atom. The Bertz CT molecular complexity index is 358. The molecule has 0 saturated heterocycles. The monoisotopic (exact) mass is 228 g/mol. The first-order chi connectivity index (χ1) is 7.13. The number of hydrogen-bond acceptors (Lipinski definition) is 3. The average Bonchev–Trinajstić information content (AvgIpc) is 2.26. The smallest absolute Gasteiger partial charge is 0.305 e. The lowest BCUT2D eigenvalue weighted by atomic mass is 10.1. The normalized spacial score (nSPS) is 12.1. The number of ether oxygens (including phenoxy) is 1. The highest BCUT2D eigenvalue weighted by Crippen LogP contribution is 2.13. The van der Waals surface area contributed by atoms with Gasteiger partial charge in [-0.25, -0.2) is 0 Å². The summed E-state index contributed by atoms with van der Waals surface area (Å²) in [6.07, 6.45) is 0.906. The molecule has 0 bridgehead atoms. The summed E-state index contributed by atoms with van der Waals surface area (Å²) in [6, 6.07) is 6.70. The first kappa shape index (κ1) is 12.0. The highest BCUT2D eigenvalue weighted by atomic mass is 31.1. The number of hydrogen-bond donors (Lipinski definition) is 1. The zero-order valence-corrected chi connectivity index (χ0v) is 9.40. The van der Waals surface area contributed by atoms with Crippen molar-refractivity contribution in [2.24, 2.45) is 0 Å². The Labute approximate surface area is 88.8 Å². The summed E-state index contributed by atoms with van der Waals surface area (Å²) in [5, 5.41) is 0.432. The summed E-state index contributed by atoms with van der Waals surface area (Å²) in [7, 11) is -1.26. The van der Waals surface area contributed by atoms with Gasteiger partial charge in [0.1, 0.15) is 0 Å². The Morgan fingerprint density at radius 3 is 2.47 bits per heavy atom. The Morgan fingerprint density at radius 2 is 2.00 bits per heavy atom. The molecule has 0 saturated carbocycles. The van der Waals surface area contributed by atoms with Gasteiger partial charge in [0, 0.05) is 11.7 Å². The zero-order chi connectivity index (χ0) is 11.3. The van der Waals surface area contributed by atoms with E-state index in [0.29, 0.717) is 18.1 Å². The van der Waals surface area contributed by atoms with Gasteiger partial charge < -0.3 is 9.63 Å². The third kappa shape index (κ3) is 3.86. The summed E-state index contributed by atoms with van der Waals surface area (Å²) >= 11 is 0. The second-order valence-corrected chi connectivity index (χ2v) is 4.27. The lowest BCUT2D eigenvalue weighted by molar-refractivity contribution is -0.140. The van der Waals surface area contributed by atoms with E-state index in [4.69, 9.17) is 4.89 Å². The van der Waals surface area contributed by atoms with Gasteiger partial charge in [0.15, 0.2) is 0 Å². The van der Waals surface area contributed by atoms with Crippen LogP contribution in [0.15, 0.2) is 24.3 Å². The molecule has 1 unspecified atom stereocenters. The van der Waals surface area contributed by atoms with Crippen molar-refractivity contribution >= 4 is 19.3 Å². The van der Waals surface area contributed by atoms with Crippen LogP contribution in [0.5, 0.6) is 0 Å². The Hall–Kier alpha value is -1.12. The summed E-state index contributed by atoms with van der Waals surface area (Å²) < 4.78 is 15.2. The molecule has 0 aliphatic heterocycles. The molecule has 1 aromatic carbocycles. The van der Waals surface area contributed by atoms with Gasteiger partial charge in [-0.15, -0.1) is 0 Å². The number of esters is 1. The highest BCUT2D eigenvalue weighted by Gasteiger charge is 2.02. The largest absolute Gasteiger partial charge is 0.469 e. The fourth-order valence-electron chi connectivity index (χ4n) is 1.16. The number of carbonyl (C=O) groups is 1. The molecule has 5 heteroatoms. The van der Waals surface area contributed by atoms with Crippen LogP contribution in [0.25, 0.3) is 0 Å². The fourth-order valence-corrected chi connectivity index (χ4v) is 1.61. The molecule has 0 aliphatic rings. The summed E-state index contributed by atoms with van der Waals surface area (Å²) in [5.74, 6) is -0.255. The van der Waals surface area contributed by atoms with E-state index < -0.39 is 8.03 Å². The van der Waals surface area contributed by atoms with Crippen LogP contribution in [-0.4, -0.2) is 18.0 Å². The number of rotatable bonds is 4. The molecule has 1 aromatic rings. The van der Waals surface area contributed by atoms with Gasteiger partial charge >= 0.3 is 5.97 Å². The van der Waals surface area contributed by atoms with Gasteiger partial charge in [-0.1, -0.05) is 12.1 Å². The van der Waals surface area contributed by atoms with Crippen LogP contribution < -0.4 is 5.30 Å². The highest BCUT2D eigenvalue weighted by molar-refractivity contribution is 7.47. The molecule has 0 spiro atoms. The minimum absolute atomic E-state index is 0.255. The third-order valence-electron chi connectivity index (χ3n) is 2.05. The van der Waals surface area contributed by atoms with E-state index in [1.54, 1.807) is 24.3 Å². The molecule has 82 valence electrons. The maximum absolute atomic E-state index is 10.9. The van der Waals surface area contributed by atoms with Crippen LogP contribution in [0.1, 0.15) is 12.0 Å². The molecule has 1 atom stereocenters. The van der Waals surface area contributed by atoms with Gasteiger partial charge in [0.25, 0.3) is 0 Å². The van der Waals surface area contributed by atoms with Crippen molar-refractivity contribution in [3.63, 3.8) is 0 Å². The third-order valence-corrected chi connectivity index (χ3v) is 2.87. The molecular weight excluding hydrogens is 215 g/mol. The van der Waals surface area contributed by atoms with Crippen LogP contribution >= 0.6 is 8.03 Å². The molecule has 0 aliphatic carbocycles. The van der Waals surface area contributed by atoms with E-state index in [1.807, 2.05) is 0 Å². The molecule has 0 radical (unpaired) electrons. The van der Waals surface area contributed by atoms with Crippen molar-refractivity contribution in [3.8, 4) is 0 Å².